The summed E-state index contributed by atoms with van der Waals surface area (Å²) in [7, 11) is 3.12. The maximum atomic E-state index is 14.4. The number of benzene rings is 2. The van der Waals surface area contributed by atoms with Crippen LogP contribution in [0.3, 0.4) is 0 Å². The molecule has 0 bridgehead atoms. The number of halogens is 1. The van der Waals surface area contributed by atoms with Gasteiger partial charge in [-0.1, -0.05) is 6.07 Å². The van der Waals surface area contributed by atoms with Crippen LogP contribution < -0.4 is 19.7 Å². The molecule has 0 fully saturated rings. The van der Waals surface area contributed by atoms with Gasteiger partial charge in [-0.15, -0.1) is 0 Å². The molecule has 0 saturated heterocycles. The van der Waals surface area contributed by atoms with E-state index in [9.17, 15) is 19.3 Å². The fraction of sp³-hybridized carbons (Fsp3) is 0.316. The summed E-state index contributed by atoms with van der Waals surface area (Å²) in [6, 6.07) is 6.72. The predicted molar refractivity (Wildman–Crippen MR) is 101 cm³/mol. The molecule has 28 heavy (non-hydrogen) atoms. The van der Waals surface area contributed by atoms with Crippen molar-refractivity contribution in [3.05, 3.63) is 57.4 Å². The van der Waals surface area contributed by atoms with E-state index in [1.807, 2.05) is 0 Å². The molecule has 0 spiro atoms. The van der Waals surface area contributed by atoms with Crippen molar-refractivity contribution in [1.29, 1.82) is 0 Å². The first kappa shape index (κ1) is 19.4. The maximum absolute atomic E-state index is 14.4. The molecule has 0 aliphatic carbocycles. The minimum Gasteiger partial charge on any atom is -0.486 e. The van der Waals surface area contributed by atoms with Gasteiger partial charge in [0.05, 0.1) is 16.5 Å². The van der Waals surface area contributed by atoms with Crippen LogP contribution in [0.25, 0.3) is 0 Å². The normalized spacial score (nSPS) is 13.6. The van der Waals surface area contributed by atoms with Gasteiger partial charge in [-0.25, -0.2) is 4.39 Å². The number of nitrogens with one attached hydrogen (secondary N) is 1. The second-order valence-electron chi connectivity index (χ2n) is 6.57. The van der Waals surface area contributed by atoms with Gasteiger partial charge in [0, 0.05) is 26.2 Å². The first-order chi connectivity index (χ1) is 13.3. The van der Waals surface area contributed by atoms with Gasteiger partial charge in [0.2, 0.25) is 0 Å². The minimum atomic E-state index is -0.832. The summed E-state index contributed by atoms with van der Waals surface area (Å²) >= 11 is 0. The Balaban J connectivity index is 1.84. The third kappa shape index (κ3) is 3.83. The number of hydrogen-bond donors (Lipinski definition) is 1. The van der Waals surface area contributed by atoms with Gasteiger partial charge < -0.3 is 19.7 Å². The number of amides is 1. The predicted octanol–water partition coefficient (Wildman–Crippen LogP) is 3.06. The molecule has 0 unspecified atom stereocenters. The van der Waals surface area contributed by atoms with Crippen molar-refractivity contribution < 1.29 is 23.6 Å². The highest BCUT2D eigenvalue weighted by Gasteiger charge is 2.24. The standard InChI is InChI=1S/C19H20FN3O5/c1-11(12-4-5-17-18(8-12)28-7-6-27-17)21-19(24)13-9-16(23(25)26)15(22(2)3)10-14(13)20/h4-5,8-11H,6-7H2,1-3H3,(H,21,24)/t11-/m1/s1. The van der Waals surface area contributed by atoms with E-state index in [0.29, 0.717) is 24.7 Å². The molecule has 1 aliphatic heterocycles. The lowest BCUT2D eigenvalue weighted by atomic mass is 10.1. The number of carbonyl (C=O) groups is 1. The van der Waals surface area contributed by atoms with Crippen LogP contribution in [0.15, 0.2) is 30.3 Å². The van der Waals surface area contributed by atoms with E-state index >= 15 is 0 Å². The lowest BCUT2D eigenvalue weighted by Crippen LogP contribution is -2.28. The van der Waals surface area contributed by atoms with Gasteiger partial charge in [-0.2, -0.15) is 0 Å². The molecular weight excluding hydrogens is 369 g/mol. The molecule has 2 aromatic rings. The average molecular weight is 389 g/mol. The van der Waals surface area contributed by atoms with Crippen LogP contribution in [0.2, 0.25) is 0 Å². The van der Waals surface area contributed by atoms with Crippen LogP contribution in [-0.4, -0.2) is 38.1 Å². The number of anilines is 1. The van der Waals surface area contributed by atoms with E-state index in [1.54, 1.807) is 39.2 Å². The van der Waals surface area contributed by atoms with Crippen molar-refractivity contribution >= 4 is 17.3 Å². The summed E-state index contributed by atoms with van der Waals surface area (Å²) in [5, 5.41) is 14.0. The van der Waals surface area contributed by atoms with Crippen LogP contribution >= 0.6 is 0 Å². The first-order valence-electron chi connectivity index (χ1n) is 8.63. The van der Waals surface area contributed by atoms with Crippen LogP contribution in [0.1, 0.15) is 28.9 Å². The molecule has 1 heterocycles. The van der Waals surface area contributed by atoms with Crippen LogP contribution in [0, 0.1) is 15.9 Å². The smallest absolute Gasteiger partial charge is 0.293 e. The van der Waals surface area contributed by atoms with Crippen molar-refractivity contribution in [3.63, 3.8) is 0 Å². The van der Waals surface area contributed by atoms with Gasteiger partial charge in [0.25, 0.3) is 11.6 Å². The highest BCUT2D eigenvalue weighted by molar-refractivity contribution is 5.96. The zero-order chi connectivity index (χ0) is 20.4. The Labute approximate surface area is 161 Å². The quantitative estimate of drug-likeness (QED) is 0.624. The Kier molecular flexibility index (Phi) is 5.34. The summed E-state index contributed by atoms with van der Waals surface area (Å²) in [6.07, 6.45) is 0. The second kappa shape index (κ2) is 7.71. The molecule has 1 N–H and O–H groups in total. The molecule has 9 heteroatoms. The van der Waals surface area contributed by atoms with Crippen molar-refractivity contribution in [3.8, 4) is 11.5 Å². The fourth-order valence-corrected chi connectivity index (χ4v) is 2.92. The van der Waals surface area contributed by atoms with Crippen LogP contribution in [0.5, 0.6) is 11.5 Å². The Morgan fingerprint density at radius 1 is 1.21 bits per heavy atom. The molecule has 0 radical (unpaired) electrons. The summed E-state index contributed by atoms with van der Waals surface area (Å²) in [4.78, 5) is 24.6. The van der Waals surface area contributed by atoms with Gasteiger partial charge in [-0.3, -0.25) is 14.9 Å². The lowest BCUT2D eigenvalue weighted by Gasteiger charge is -2.21. The molecule has 2 aromatic carbocycles. The number of ether oxygens (including phenoxy) is 2. The van der Waals surface area contributed by atoms with E-state index in [0.717, 1.165) is 17.7 Å². The van der Waals surface area contributed by atoms with Gasteiger partial charge in [0.15, 0.2) is 11.5 Å². The number of fused-ring (bicyclic) bond motifs is 1. The molecule has 1 atom stereocenters. The largest absolute Gasteiger partial charge is 0.486 e. The van der Waals surface area contributed by atoms with Crippen molar-refractivity contribution in [1.82, 2.24) is 5.32 Å². The van der Waals surface area contributed by atoms with Crippen molar-refractivity contribution in [2.75, 3.05) is 32.2 Å². The number of hydrogen-bond acceptors (Lipinski definition) is 6. The zero-order valence-corrected chi connectivity index (χ0v) is 15.7. The monoisotopic (exact) mass is 389 g/mol. The van der Waals surface area contributed by atoms with E-state index in [-0.39, 0.29) is 16.9 Å². The van der Waals surface area contributed by atoms with E-state index in [1.165, 1.54) is 4.90 Å². The van der Waals surface area contributed by atoms with Gasteiger partial charge in [-0.05, 0) is 24.6 Å². The highest BCUT2D eigenvalue weighted by Crippen LogP contribution is 2.33. The molecule has 1 amide bonds. The number of rotatable bonds is 5. The third-order valence-electron chi connectivity index (χ3n) is 4.40. The molecular formula is C19H20FN3O5. The van der Waals surface area contributed by atoms with E-state index < -0.39 is 22.7 Å². The molecule has 8 nitrogen and oxygen atoms in total. The van der Waals surface area contributed by atoms with Crippen molar-refractivity contribution in [2.45, 2.75) is 13.0 Å². The van der Waals surface area contributed by atoms with Crippen LogP contribution in [-0.2, 0) is 0 Å². The van der Waals surface area contributed by atoms with E-state index in [4.69, 9.17) is 9.47 Å². The minimum absolute atomic E-state index is 0.0823. The number of nitro groups is 1. The summed E-state index contributed by atoms with van der Waals surface area (Å²) in [5.41, 5.74) is 0.0848. The molecule has 0 saturated carbocycles. The fourth-order valence-electron chi connectivity index (χ4n) is 2.92. The Bertz CT molecular complexity index is 932. The zero-order valence-electron chi connectivity index (χ0n) is 15.7. The number of nitro benzene ring substituents is 1. The SMILES string of the molecule is C[C@@H](NC(=O)c1cc([N+](=O)[O-])c(N(C)C)cc1F)c1ccc2c(c1)OCCO2. The molecule has 0 aromatic heterocycles. The van der Waals surface area contributed by atoms with Gasteiger partial charge in [0.1, 0.15) is 24.7 Å². The molecule has 1 aliphatic rings. The molecule has 3 rings (SSSR count). The summed E-state index contributed by atoms with van der Waals surface area (Å²) in [6.45, 7) is 2.63. The highest BCUT2D eigenvalue weighted by atomic mass is 19.1. The number of carbonyl (C=O) groups excluding carboxylic acids is 1. The molecule has 148 valence electrons. The van der Waals surface area contributed by atoms with Gasteiger partial charge >= 0.3 is 0 Å². The summed E-state index contributed by atoms with van der Waals surface area (Å²) in [5.74, 6) is -0.383. The van der Waals surface area contributed by atoms with Crippen molar-refractivity contribution in [2.24, 2.45) is 0 Å². The van der Waals surface area contributed by atoms with E-state index in [2.05, 4.69) is 5.32 Å². The average Bonchev–Trinajstić information content (AvgIpc) is 2.66. The third-order valence-corrected chi connectivity index (χ3v) is 4.40. The first-order valence-corrected chi connectivity index (χ1v) is 8.63. The maximum Gasteiger partial charge on any atom is 0.293 e. The Morgan fingerprint density at radius 3 is 2.54 bits per heavy atom. The second-order valence-corrected chi connectivity index (χ2v) is 6.57. The van der Waals surface area contributed by atoms with Crippen LogP contribution in [0.4, 0.5) is 15.8 Å². The Morgan fingerprint density at radius 2 is 1.89 bits per heavy atom. The number of nitrogens with zero attached hydrogens (tertiary/aromatic N) is 2. The lowest BCUT2D eigenvalue weighted by molar-refractivity contribution is -0.384. The Hall–Kier alpha value is -3.36. The topological polar surface area (TPSA) is 93.9 Å². The summed E-state index contributed by atoms with van der Waals surface area (Å²) < 4.78 is 25.4.